The number of aryl methyl sites for hydroxylation is 2. The van der Waals surface area contributed by atoms with E-state index in [1.807, 2.05) is 29.7 Å². The van der Waals surface area contributed by atoms with Crippen LogP contribution in [0.15, 0.2) is 23.2 Å². The van der Waals surface area contributed by atoms with Crippen molar-refractivity contribution in [2.75, 3.05) is 21.2 Å². The van der Waals surface area contributed by atoms with Crippen molar-refractivity contribution in [2.45, 2.75) is 39.8 Å². The summed E-state index contributed by atoms with van der Waals surface area (Å²) in [6.45, 7) is 5.45. The lowest BCUT2D eigenvalue weighted by atomic mass is 10.1. The molecule has 156 valence electrons. The van der Waals surface area contributed by atoms with Gasteiger partial charge < -0.3 is 15.0 Å². The van der Waals surface area contributed by atoms with E-state index >= 15 is 0 Å². The molecule has 0 saturated carbocycles. The van der Waals surface area contributed by atoms with Crippen LogP contribution < -0.4 is 10.1 Å². The van der Waals surface area contributed by atoms with E-state index in [1.54, 1.807) is 13.1 Å². The smallest absolute Gasteiger partial charge is 0.193 e. The molecule has 0 unspecified atom stereocenters. The Kier molecular flexibility index (Phi) is 9.71. The maximum atomic E-state index is 13.9. The summed E-state index contributed by atoms with van der Waals surface area (Å²) in [5, 5.41) is 8.02. The van der Waals surface area contributed by atoms with Crippen LogP contribution in [0.25, 0.3) is 0 Å². The van der Waals surface area contributed by atoms with E-state index in [-0.39, 0.29) is 35.5 Å². The first-order valence-electron chi connectivity index (χ1n) is 9.22. The Bertz CT molecular complexity index is 806. The lowest BCUT2D eigenvalue weighted by molar-refractivity contribution is 0.385. The molecule has 0 radical (unpaired) electrons. The fourth-order valence-corrected chi connectivity index (χ4v) is 3.30. The van der Waals surface area contributed by atoms with E-state index in [1.165, 1.54) is 24.4 Å². The number of nitrogens with zero attached hydrogens (tertiary/aromatic N) is 4. The molecule has 1 aromatic carbocycles. The number of ether oxygens (including phenoxy) is 1. The summed E-state index contributed by atoms with van der Waals surface area (Å²) in [6.07, 6.45) is 1.82. The van der Waals surface area contributed by atoms with Crippen LogP contribution in [0.3, 0.4) is 0 Å². The van der Waals surface area contributed by atoms with Crippen molar-refractivity contribution in [1.82, 2.24) is 20.0 Å². The number of aliphatic imine (C=N–C) groups is 1. The zero-order chi connectivity index (χ0) is 20.0. The molecule has 0 aliphatic heterocycles. The van der Waals surface area contributed by atoms with E-state index in [0.29, 0.717) is 13.1 Å². The van der Waals surface area contributed by atoms with Crippen LogP contribution in [-0.2, 0) is 33.0 Å². The Balaban J connectivity index is 0.00000392. The van der Waals surface area contributed by atoms with Gasteiger partial charge in [0.1, 0.15) is 0 Å². The number of hydrogen-bond acceptors (Lipinski definition) is 3. The van der Waals surface area contributed by atoms with Gasteiger partial charge in [-0.2, -0.15) is 5.10 Å². The molecule has 28 heavy (non-hydrogen) atoms. The van der Waals surface area contributed by atoms with Crippen molar-refractivity contribution in [3.63, 3.8) is 0 Å². The van der Waals surface area contributed by atoms with Crippen LogP contribution in [0.4, 0.5) is 4.39 Å². The van der Waals surface area contributed by atoms with Gasteiger partial charge >= 0.3 is 0 Å². The third-order valence-electron chi connectivity index (χ3n) is 4.66. The van der Waals surface area contributed by atoms with Crippen molar-refractivity contribution in [1.29, 1.82) is 0 Å². The number of halogens is 2. The van der Waals surface area contributed by atoms with Crippen LogP contribution in [0, 0.1) is 5.82 Å². The number of methoxy groups -OCH3 is 1. The zero-order valence-electron chi connectivity index (χ0n) is 17.5. The summed E-state index contributed by atoms with van der Waals surface area (Å²) in [6, 6.07) is 5.00. The number of rotatable bonds is 7. The highest BCUT2D eigenvalue weighted by Gasteiger charge is 2.15. The molecule has 0 saturated heterocycles. The number of aromatic nitrogens is 2. The third kappa shape index (κ3) is 5.59. The monoisotopic (exact) mass is 503 g/mol. The van der Waals surface area contributed by atoms with Gasteiger partial charge in [-0.3, -0.25) is 9.67 Å². The minimum Gasteiger partial charge on any atom is -0.494 e. The normalized spacial score (nSPS) is 11.2. The van der Waals surface area contributed by atoms with Crippen molar-refractivity contribution < 1.29 is 9.13 Å². The predicted octanol–water partition coefficient (Wildman–Crippen LogP) is 3.52. The molecule has 1 heterocycles. The summed E-state index contributed by atoms with van der Waals surface area (Å²) >= 11 is 0. The van der Waals surface area contributed by atoms with Gasteiger partial charge in [0.15, 0.2) is 17.5 Å². The fourth-order valence-electron chi connectivity index (χ4n) is 3.30. The van der Waals surface area contributed by atoms with Crippen molar-refractivity contribution in [3.05, 3.63) is 46.5 Å². The first-order chi connectivity index (χ1) is 12.9. The lowest BCUT2D eigenvalue weighted by Gasteiger charge is -2.22. The number of nitrogens with one attached hydrogen (secondary N) is 1. The summed E-state index contributed by atoms with van der Waals surface area (Å²) in [5.41, 5.74) is 4.42. The van der Waals surface area contributed by atoms with E-state index in [4.69, 9.17) is 4.74 Å². The largest absolute Gasteiger partial charge is 0.494 e. The molecule has 2 rings (SSSR count). The molecule has 0 aliphatic carbocycles. The van der Waals surface area contributed by atoms with Gasteiger partial charge in [-0.1, -0.05) is 19.9 Å². The minimum absolute atomic E-state index is 0. The first-order valence-corrected chi connectivity index (χ1v) is 9.22. The summed E-state index contributed by atoms with van der Waals surface area (Å²) < 4.78 is 20.9. The quantitative estimate of drug-likeness (QED) is 0.357. The molecular weight excluding hydrogens is 472 g/mol. The second kappa shape index (κ2) is 11.2. The molecule has 0 atom stereocenters. The predicted molar refractivity (Wildman–Crippen MR) is 122 cm³/mol. The van der Waals surface area contributed by atoms with E-state index in [9.17, 15) is 4.39 Å². The van der Waals surface area contributed by atoms with Crippen molar-refractivity contribution in [2.24, 2.45) is 12.0 Å². The molecule has 0 amide bonds. The van der Waals surface area contributed by atoms with Gasteiger partial charge in [-0.25, -0.2) is 4.39 Å². The van der Waals surface area contributed by atoms with E-state index < -0.39 is 0 Å². The highest BCUT2D eigenvalue weighted by atomic mass is 127. The van der Waals surface area contributed by atoms with E-state index in [2.05, 4.69) is 29.3 Å². The molecule has 0 bridgehead atoms. The number of guanidine groups is 1. The molecular formula is C20H31FIN5O. The number of hydrogen-bond donors (Lipinski definition) is 1. The van der Waals surface area contributed by atoms with Crippen LogP contribution in [0.5, 0.6) is 5.75 Å². The summed E-state index contributed by atoms with van der Waals surface area (Å²) in [4.78, 5) is 6.33. The highest BCUT2D eigenvalue weighted by molar-refractivity contribution is 14.0. The minimum atomic E-state index is -0.359. The van der Waals surface area contributed by atoms with Crippen molar-refractivity contribution in [3.8, 4) is 5.75 Å². The molecule has 0 spiro atoms. The molecule has 0 fully saturated rings. The third-order valence-corrected chi connectivity index (χ3v) is 4.66. The molecule has 0 aliphatic rings. The first kappa shape index (κ1) is 24.2. The van der Waals surface area contributed by atoms with Gasteiger partial charge in [-0.15, -0.1) is 24.0 Å². The fraction of sp³-hybridized carbons (Fsp3) is 0.500. The second-order valence-corrected chi connectivity index (χ2v) is 6.43. The highest BCUT2D eigenvalue weighted by Crippen LogP contribution is 2.19. The Morgan fingerprint density at radius 3 is 2.57 bits per heavy atom. The Hall–Kier alpha value is -1.84. The Morgan fingerprint density at radius 1 is 1.32 bits per heavy atom. The summed E-state index contributed by atoms with van der Waals surface area (Å²) in [5.74, 6) is 0.640. The molecule has 1 N–H and O–H groups in total. The maximum absolute atomic E-state index is 13.9. The molecule has 6 nitrogen and oxygen atoms in total. The van der Waals surface area contributed by atoms with Crippen LogP contribution in [0.1, 0.15) is 36.4 Å². The molecule has 1 aromatic heterocycles. The summed E-state index contributed by atoms with van der Waals surface area (Å²) in [7, 11) is 7.13. The maximum Gasteiger partial charge on any atom is 0.193 e. The van der Waals surface area contributed by atoms with Crippen molar-refractivity contribution >= 4 is 29.9 Å². The average molecular weight is 503 g/mol. The van der Waals surface area contributed by atoms with Gasteiger partial charge in [0.25, 0.3) is 0 Å². The van der Waals surface area contributed by atoms with Gasteiger partial charge in [0.05, 0.1) is 12.8 Å². The standard InChI is InChI=1S/C20H30FN5O.HI/c1-7-17-15(18(8-2)26(5)24-17)12-23-20(22-3)25(4)13-14-9-10-19(27-6)16(21)11-14;/h9-11H,7-8,12-13H2,1-6H3,(H,22,23);1H. The molecule has 8 heteroatoms. The Morgan fingerprint density at radius 2 is 2.04 bits per heavy atom. The zero-order valence-corrected chi connectivity index (χ0v) is 19.9. The average Bonchev–Trinajstić information content (AvgIpc) is 2.97. The number of benzene rings is 1. The Labute approximate surface area is 184 Å². The topological polar surface area (TPSA) is 54.7 Å². The molecule has 2 aromatic rings. The lowest BCUT2D eigenvalue weighted by Crippen LogP contribution is -2.38. The van der Waals surface area contributed by atoms with Crippen LogP contribution in [0.2, 0.25) is 0 Å². The van der Waals surface area contributed by atoms with Gasteiger partial charge in [-0.05, 0) is 30.5 Å². The SMILES string of the molecule is CCc1nn(C)c(CC)c1CNC(=NC)N(C)Cc1ccc(OC)c(F)c1.I. The second-order valence-electron chi connectivity index (χ2n) is 6.43. The van der Waals surface area contributed by atoms with Crippen LogP contribution >= 0.6 is 24.0 Å². The van der Waals surface area contributed by atoms with Gasteiger partial charge in [0.2, 0.25) is 0 Å². The van der Waals surface area contributed by atoms with Crippen LogP contribution in [-0.4, -0.2) is 41.8 Å². The van der Waals surface area contributed by atoms with Gasteiger partial charge in [0, 0.05) is 45.5 Å². The van der Waals surface area contributed by atoms with E-state index in [0.717, 1.165) is 30.1 Å².